The van der Waals surface area contributed by atoms with Gasteiger partial charge in [-0.05, 0) is 40.2 Å². The van der Waals surface area contributed by atoms with E-state index in [1.807, 2.05) is 20.8 Å². The zero-order valence-corrected chi connectivity index (χ0v) is 14.0. The molecule has 6 nitrogen and oxygen atoms in total. The number of carbonyl (C=O) groups excluding carboxylic acids is 2. The van der Waals surface area contributed by atoms with E-state index in [-0.39, 0.29) is 17.9 Å². The molecule has 2 atom stereocenters. The van der Waals surface area contributed by atoms with Gasteiger partial charge >= 0.3 is 6.03 Å². The number of amides is 3. The average molecular weight is 322 g/mol. The third-order valence-corrected chi connectivity index (χ3v) is 5.82. The van der Waals surface area contributed by atoms with Crippen LogP contribution in [0.3, 0.4) is 0 Å². The van der Waals surface area contributed by atoms with Crippen LogP contribution in [0.25, 0.3) is 0 Å². The lowest BCUT2D eigenvalue weighted by Gasteiger charge is -2.39. The largest absolute Gasteiger partial charge is 0.323 e. The van der Waals surface area contributed by atoms with Crippen LogP contribution in [0.5, 0.6) is 0 Å². The highest BCUT2D eigenvalue weighted by molar-refractivity contribution is 7.11. The Balaban J connectivity index is 1.70. The first-order valence-corrected chi connectivity index (χ1v) is 8.49. The quantitative estimate of drug-likeness (QED) is 0.829. The summed E-state index contributed by atoms with van der Waals surface area (Å²) in [5, 5.41) is 6.27. The fourth-order valence-corrected chi connectivity index (χ4v) is 4.42. The Bertz CT molecular complexity index is 615. The molecule has 2 N–H and O–H groups in total. The minimum absolute atomic E-state index is 0.141. The molecule has 22 heavy (non-hydrogen) atoms. The fourth-order valence-electron chi connectivity index (χ4n) is 3.44. The summed E-state index contributed by atoms with van der Waals surface area (Å²) in [6.07, 6.45) is 2.00. The number of hydrogen-bond donors (Lipinski definition) is 2. The second-order valence-electron chi connectivity index (χ2n) is 6.43. The van der Waals surface area contributed by atoms with Crippen LogP contribution in [-0.2, 0) is 11.3 Å². The number of rotatable bonds is 3. The van der Waals surface area contributed by atoms with Gasteiger partial charge in [-0.2, -0.15) is 0 Å². The number of aromatic nitrogens is 1. The zero-order chi connectivity index (χ0) is 15.9. The van der Waals surface area contributed by atoms with E-state index in [0.717, 1.165) is 43.2 Å². The highest BCUT2D eigenvalue weighted by Gasteiger charge is 2.48. The van der Waals surface area contributed by atoms with E-state index >= 15 is 0 Å². The van der Waals surface area contributed by atoms with Crippen molar-refractivity contribution in [2.24, 2.45) is 5.92 Å². The predicted octanol–water partition coefficient (Wildman–Crippen LogP) is 1.57. The summed E-state index contributed by atoms with van der Waals surface area (Å²) in [5.41, 5.74) is 0.316. The van der Waals surface area contributed by atoms with Crippen molar-refractivity contribution in [2.75, 3.05) is 13.1 Å². The zero-order valence-electron chi connectivity index (χ0n) is 13.2. The SMILES string of the molecule is Cc1nc(C)c(CN2CCC[C@H]([C@]3(C)NC(=O)NC3=O)C2)s1. The Kier molecular flexibility index (Phi) is 3.94. The van der Waals surface area contributed by atoms with Gasteiger partial charge in [-0.15, -0.1) is 11.3 Å². The number of hydrogen-bond acceptors (Lipinski definition) is 5. The van der Waals surface area contributed by atoms with Crippen molar-refractivity contribution in [3.8, 4) is 0 Å². The average Bonchev–Trinajstić information content (AvgIpc) is 2.90. The number of carbonyl (C=O) groups is 2. The summed E-state index contributed by atoms with van der Waals surface area (Å²) in [6, 6.07) is -0.376. The van der Waals surface area contributed by atoms with Crippen LogP contribution in [0, 0.1) is 19.8 Å². The summed E-state index contributed by atoms with van der Waals surface area (Å²) in [7, 11) is 0. The summed E-state index contributed by atoms with van der Waals surface area (Å²) in [6.45, 7) is 8.63. The summed E-state index contributed by atoms with van der Waals surface area (Å²) >= 11 is 1.74. The van der Waals surface area contributed by atoms with Gasteiger partial charge in [-0.25, -0.2) is 9.78 Å². The summed E-state index contributed by atoms with van der Waals surface area (Å²) < 4.78 is 0. The number of nitrogens with zero attached hydrogens (tertiary/aromatic N) is 2. The van der Waals surface area contributed by atoms with Crippen LogP contribution >= 0.6 is 11.3 Å². The molecule has 0 bridgehead atoms. The van der Waals surface area contributed by atoms with Gasteiger partial charge in [-0.1, -0.05) is 0 Å². The van der Waals surface area contributed by atoms with Gasteiger partial charge in [0.1, 0.15) is 5.54 Å². The van der Waals surface area contributed by atoms with Crippen molar-refractivity contribution in [1.29, 1.82) is 0 Å². The van der Waals surface area contributed by atoms with E-state index in [0.29, 0.717) is 0 Å². The van der Waals surface area contributed by atoms with E-state index in [9.17, 15) is 9.59 Å². The first-order chi connectivity index (χ1) is 10.4. The molecule has 120 valence electrons. The maximum Gasteiger partial charge on any atom is 0.322 e. The Hall–Kier alpha value is -1.47. The predicted molar refractivity (Wildman–Crippen MR) is 84.7 cm³/mol. The lowest BCUT2D eigenvalue weighted by molar-refractivity contribution is -0.126. The molecule has 0 unspecified atom stereocenters. The van der Waals surface area contributed by atoms with Crippen molar-refractivity contribution < 1.29 is 9.59 Å². The number of piperidine rings is 1. The molecule has 3 amide bonds. The van der Waals surface area contributed by atoms with Gasteiger partial charge in [0.25, 0.3) is 5.91 Å². The highest BCUT2D eigenvalue weighted by atomic mass is 32.1. The van der Waals surface area contributed by atoms with E-state index < -0.39 is 5.54 Å². The van der Waals surface area contributed by atoms with Gasteiger partial charge in [0.05, 0.1) is 10.7 Å². The van der Waals surface area contributed by atoms with Gasteiger partial charge in [0.15, 0.2) is 0 Å². The van der Waals surface area contributed by atoms with E-state index in [2.05, 4.69) is 20.5 Å². The molecule has 2 saturated heterocycles. The summed E-state index contributed by atoms with van der Waals surface area (Å²) in [4.78, 5) is 31.7. The number of thiazole rings is 1. The van der Waals surface area contributed by atoms with Crippen LogP contribution in [0.15, 0.2) is 0 Å². The fraction of sp³-hybridized carbons (Fsp3) is 0.667. The topological polar surface area (TPSA) is 74.3 Å². The molecule has 3 heterocycles. The highest BCUT2D eigenvalue weighted by Crippen LogP contribution is 2.31. The molecule has 3 rings (SSSR count). The first kappa shape index (κ1) is 15.4. The smallest absolute Gasteiger partial charge is 0.322 e. The van der Waals surface area contributed by atoms with Gasteiger partial charge in [-0.3, -0.25) is 15.0 Å². The second kappa shape index (κ2) is 5.62. The maximum absolute atomic E-state index is 12.1. The standard InChI is InChI=1S/C15H22N4O2S/c1-9-12(22-10(2)16-9)8-19-6-4-5-11(7-19)15(3)13(20)17-14(21)18-15/h11H,4-8H2,1-3H3,(H2,17,18,20,21)/t11-,15-/m0/s1. The molecule has 0 aromatic carbocycles. The van der Waals surface area contributed by atoms with Gasteiger partial charge < -0.3 is 5.32 Å². The third-order valence-electron chi connectivity index (χ3n) is 4.76. The molecule has 2 aliphatic heterocycles. The van der Waals surface area contributed by atoms with Gasteiger partial charge in [0.2, 0.25) is 0 Å². The number of nitrogens with one attached hydrogen (secondary N) is 2. The number of imide groups is 1. The Labute approximate surface area is 134 Å². The number of urea groups is 1. The van der Waals surface area contributed by atoms with Crippen molar-refractivity contribution in [2.45, 2.75) is 45.7 Å². The van der Waals surface area contributed by atoms with E-state index in [4.69, 9.17) is 0 Å². The molecule has 2 fully saturated rings. The van der Waals surface area contributed by atoms with Crippen molar-refractivity contribution in [3.63, 3.8) is 0 Å². The Morgan fingerprint density at radius 2 is 2.18 bits per heavy atom. The molecular weight excluding hydrogens is 300 g/mol. The normalized spacial score (nSPS) is 29.5. The third kappa shape index (κ3) is 2.75. The molecule has 0 aliphatic carbocycles. The van der Waals surface area contributed by atoms with Crippen molar-refractivity contribution in [1.82, 2.24) is 20.5 Å². The Morgan fingerprint density at radius 3 is 2.77 bits per heavy atom. The maximum atomic E-state index is 12.1. The van der Waals surface area contributed by atoms with Crippen molar-refractivity contribution >= 4 is 23.3 Å². The molecule has 0 saturated carbocycles. The number of aryl methyl sites for hydroxylation is 2. The lowest BCUT2D eigenvalue weighted by Crippen LogP contribution is -2.55. The number of likely N-dealkylation sites (tertiary alicyclic amines) is 1. The molecule has 0 spiro atoms. The monoisotopic (exact) mass is 322 g/mol. The minimum Gasteiger partial charge on any atom is -0.323 e. The summed E-state index contributed by atoms with van der Waals surface area (Å²) in [5.74, 6) is -0.0591. The molecule has 1 aromatic heterocycles. The minimum atomic E-state index is -0.783. The molecular formula is C15H22N4O2S. The molecule has 7 heteroatoms. The Morgan fingerprint density at radius 1 is 1.41 bits per heavy atom. The van der Waals surface area contributed by atoms with Crippen LogP contribution in [0.1, 0.15) is 35.3 Å². The molecule has 1 aromatic rings. The van der Waals surface area contributed by atoms with Crippen molar-refractivity contribution in [3.05, 3.63) is 15.6 Å². The van der Waals surface area contributed by atoms with Crippen LogP contribution < -0.4 is 10.6 Å². The van der Waals surface area contributed by atoms with Gasteiger partial charge in [0, 0.05) is 23.9 Å². The van der Waals surface area contributed by atoms with Crippen LogP contribution in [0.4, 0.5) is 4.79 Å². The van der Waals surface area contributed by atoms with E-state index in [1.165, 1.54) is 4.88 Å². The first-order valence-electron chi connectivity index (χ1n) is 7.67. The van der Waals surface area contributed by atoms with E-state index in [1.54, 1.807) is 11.3 Å². The van der Waals surface area contributed by atoms with Crippen LogP contribution in [0.2, 0.25) is 0 Å². The lowest BCUT2D eigenvalue weighted by atomic mass is 9.80. The van der Waals surface area contributed by atoms with Crippen LogP contribution in [-0.4, -0.2) is 40.5 Å². The molecule has 2 aliphatic rings. The second-order valence-corrected chi connectivity index (χ2v) is 7.71. The molecule has 0 radical (unpaired) electrons.